The zero-order valence-corrected chi connectivity index (χ0v) is 22.8. The fraction of sp³-hybridized carbons (Fsp3) is 0.458. The average Bonchev–Trinajstić information content (AvgIpc) is 3.31. The van der Waals surface area contributed by atoms with E-state index in [1.807, 2.05) is 11.7 Å². The molecule has 1 aromatic carbocycles. The van der Waals surface area contributed by atoms with Crippen LogP contribution in [0.1, 0.15) is 47.1 Å². The zero-order valence-electron chi connectivity index (χ0n) is 19.7. The van der Waals surface area contributed by atoms with Gasteiger partial charge in [0.05, 0.1) is 22.9 Å². The number of nitrogens with one attached hydrogen (secondary N) is 2. The Hall–Kier alpha value is -1.94. The maximum absolute atomic E-state index is 4.78. The third-order valence-corrected chi connectivity index (χ3v) is 6.32. The van der Waals surface area contributed by atoms with Crippen molar-refractivity contribution in [2.75, 3.05) is 6.54 Å². The molecule has 0 saturated heterocycles. The van der Waals surface area contributed by atoms with E-state index in [0.29, 0.717) is 6.54 Å². The predicted octanol–water partition coefficient (Wildman–Crippen LogP) is 4.58. The van der Waals surface area contributed by atoms with E-state index in [2.05, 4.69) is 79.1 Å². The van der Waals surface area contributed by atoms with Gasteiger partial charge in [0.25, 0.3) is 0 Å². The molecule has 0 amide bonds. The Labute approximate surface area is 213 Å². The molecule has 0 radical (unpaired) electrons. The van der Waals surface area contributed by atoms with E-state index >= 15 is 0 Å². The number of nitrogens with zero attached hydrogens (tertiary/aromatic N) is 4. The Morgan fingerprint density at radius 3 is 2.59 bits per heavy atom. The Bertz CT molecular complexity index is 995. The summed E-state index contributed by atoms with van der Waals surface area (Å²) in [6, 6.07) is 10.8. The van der Waals surface area contributed by atoms with E-state index in [0.717, 1.165) is 43.2 Å². The lowest BCUT2D eigenvalue weighted by atomic mass is 10.1. The van der Waals surface area contributed by atoms with Gasteiger partial charge >= 0.3 is 0 Å². The molecule has 0 spiro atoms. The van der Waals surface area contributed by atoms with Crippen LogP contribution in [0.25, 0.3) is 0 Å². The van der Waals surface area contributed by atoms with Gasteiger partial charge in [0.15, 0.2) is 5.96 Å². The highest BCUT2D eigenvalue weighted by atomic mass is 127. The summed E-state index contributed by atoms with van der Waals surface area (Å²) in [5.74, 6) is 0.827. The molecule has 6 nitrogen and oxygen atoms in total. The number of aliphatic imine (C=N–C) groups is 1. The van der Waals surface area contributed by atoms with Crippen LogP contribution in [0.15, 0.2) is 40.7 Å². The Morgan fingerprint density at radius 1 is 1.19 bits per heavy atom. The number of guanidine groups is 1. The fourth-order valence-electron chi connectivity index (χ4n) is 3.62. The van der Waals surface area contributed by atoms with Gasteiger partial charge < -0.3 is 10.6 Å². The molecule has 0 aliphatic rings. The lowest BCUT2D eigenvalue weighted by Gasteiger charge is -2.18. The van der Waals surface area contributed by atoms with Gasteiger partial charge in [-0.05, 0) is 51.7 Å². The molecule has 8 heteroatoms. The third kappa shape index (κ3) is 7.58. The Morgan fingerprint density at radius 2 is 1.94 bits per heavy atom. The first kappa shape index (κ1) is 26.3. The quantitative estimate of drug-likeness (QED) is 0.226. The molecule has 32 heavy (non-hydrogen) atoms. The molecule has 3 aromatic rings. The van der Waals surface area contributed by atoms with Crippen molar-refractivity contribution in [1.82, 2.24) is 25.4 Å². The van der Waals surface area contributed by atoms with Gasteiger partial charge in [0, 0.05) is 37.1 Å². The number of hydrogen-bond donors (Lipinski definition) is 2. The topological polar surface area (TPSA) is 67.1 Å². The molecule has 3 rings (SSSR count). The van der Waals surface area contributed by atoms with E-state index in [4.69, 9.17) is 9.98 Å². The Kier molecular flexibility index (Phi) is 10.6. The minimum Gasteiger partial charge on any atom is -0.357 e. The number of halogens is 1. The predicted molar refractivity (Wildman–Crippen MR) is 145 cm³/mol. The molecule has 2 aromatic heterocycles. The molecule has 1 unspecified atom stereocenters. The number of hydrogen-bond acceptors (Lipinski definition) is 4. The minimum absolute atomic E-state index is 0. The van der Waals surface area contributed by atoms with Crippen LogP contribution in [-0.4, -0.2) is 33.3 Å². The van der Waals surface area contributed by atoms with E-state index in [1.54, 1.807) is 11.3 Å². The van der Waals surface area contributed by atoms with Gasteiger partial charge in [-0.2, -0.15) is 5.10 Å². The first-order chi connectivity index (χ1) is 15.0. The maximum atomic E-state index is 4.78. The molecule has 174 valence electrons. The smallest absolute Gasteiger partial charge is 0.191 e. The van der Waals surface area contributed by atoms with Crippen molar-refractivity contribution >= 4 is 41.3 Å². The van der Waals surface area contributed by atoms with Gasteiger partial charge in [-0.25, -0.2) is 9.98 Å². The van der Waals surface area contributed by atoms with Gasteiger partial charge in [-0.15, -0.1) is 35.3 Å². The number of rotatable bonds is 9. The van der Waals surface area contributed by atoms with Crippen molar-refractivity contribution in [3.63, 3.8) is 0 Å². The van der Waals surface area contributed by atoms with Crippen LogP contribution in [0.3, 0.4) is 0 Å². The molecule has 0 aliphatic carbocycles. The van der Waals surface area contributed by atoms with Crippen LogP contribution in [0.2, 0.25) is 0 Å². The summed E-state index contributed by atoms with van der Waals surface area (Å²) < 4.78 is 1.95. The normalized spacial score (nSPS) is 12.3. The second-order valence-electron chi connectivity index (χ2n) is 7.94. The highest BCUT2D eigenvalue weighted by Crippen LogP contribution is 2.15. The summed E-state index contributed by atoms with van der Waals surface area (Å²) in [5, 5.41) is 14.7. The molecule has 1 atom stereocenters. The van der Waals surface area contributed by atoms with E-state index in [-0.39, 0.29) is 30.0 Å². The van der Waals surface area contributed by atoms with Gasteiger partial charge in [0.1, 0.15) is 0 Å². The zero-order chi connectivity index (χ0) is 22.2. The van der Waals surface area contributed by atoms with Crippen molar-refractivity contribution in [3.05, 3.63) is 68.9 Å². The molecule has 0 bridgehead atoms. The number of aryl methyl sites for hydroxylation is 4. The van der Waals surface area contributed by atoms with Crippen LogP contribution in [0.4, 0.5) is 0 Å². The second-order valence-corrected chi connectivity index (χ2v) is 8.88. The third-order valence-electron chi connectivity index (χ3n) is 5.37. The summed E-state index contributed by atoms with van der Waals surface area (Å²) in [6.45, 7) is 9.87. The van der Waals surface area contributed by atoms with Crippen LogP contribution in [0.5, 0.6) is 0 Å². The number of aromatic nitrogens is 3. The lowest BCUT2D eigenvalue weighted by molar-refractivity contribution is 0.635. The van der Waals surface area contributed by atoms with Gasteiger partial charge in [0.2, 0.25) is 0 Å². The summed E-state index contributed by atoms with van der Waals surface area (Å²) >= 11 is 1.72. The lowest BCUT2D eigenvalue weighted by Crippen LogP contribution is -2.43. The molecule has 0 saturated carbocycles. The summed E-state index contributed by atoms with van der Waals surface area (Å²) in [7, 11) is 2.00. The van der Waals surface area contributed by atoms with Crippen molar-refractivity contribution < 1.29 is 0 Å². The largest absolute Gasteiger partial charge is 0.357 e. The number of benzene rings is 1. The summed E-state index contributed by atoms with van der Waals surface area (Å²) in [4.78, 5) is 9.54. The van der Waals surface area contributed by atoms with Crippen LogP contribution < -0.4 is 10.6 Å². The van der Waals surface area contributed by atoms with Crippen molar-refractivity contribution in [3.8, 4) is 0 Å². The van der Waals surface area contributed by atoms with Crippen LogP contribution in [0, 0.1) is 13.8 Å². The van der Waals surface area contributed by atoms with Gasteiger partial charge in [-0.3, -0.25) is 4.68 Å². The highest BCUT2D eigenvalue weighted by Gasteiger charge is 2.14. The van der Waals surface area contributed by atoms with Crippen LogP contribution >= 0.6 is 35.3 Å². The van der Waals surface area contributed by atoms with Crippen molar-refractivity contribution in [2.24, 2.45) is 12.0 Å². The fourth-order valence-corrected chi connectivity index (χ4v) is 4.41. The molecule has 0 fully saturated rings. The molecule has 2 N–H and O–H groups in total. The summed E-state index contributed by atoms with van der Waals surface area (Å²) in [5.41, 5.74) is 6.00. The SMILES string of the molecule is CCNC(=NCc1csc(CCc2ccccc2)n1)NC(C)Cc1c(C)nn(C)c1C.I. The summed E-state index contributed by atoms with van der Waals surface area (Å²) in [6.07, 6.45) is 2.90. The minimum atomic E-state index is 0. The van der Waals surface area contributed by atoms with E-state index < -0.39 is 0 Å². The van der Waals surface area contributed by atoms with E-state index in [9.17, 15) is 0 Å². The first-order valence-electron chi connectivity index (χ1n) is 11.0. The molecule has 2 heterocycles. The monoisotopic (exact) mass is 566 g/mol. The number of thiazole rings is 1. The standard InChI is InChI=1S/C24H34N6S.HI/c1-6-25-24(27-17(2)14-22-18(3)29-30(5)19(22)4)26-15-21-16-31-23(28-21)13-12-20-10-8-7-9-11-20;/h7-11,16-17H,6,12-15H2,1-5H3,(H2,25,26,27);1H. The first-order valence-corrected chi connectivity index (χ1v) is 11.8. The Balaban J connectivity index is 0.00000363. The molecule has 0 aliphatic heterocycles. The maximum Gasteiger partial charge on any atom is 0.191 e. The average molecular weight is 567 g/mol. The van der Waals surface area contributed by atoms with Crippen LogP contribution in [-0.2, 0) is 32.9 Å². The highest BCUT2D eigenvalue weighted by molar-refractivity contribution is 14.0. The molecular formula is C24H35IN6S. The molecular weight excluding hydrogens is 531 g/mol. The van der Waals surface area contributed by atoms with Crippen molar-refractivity contribution in [2.45, 2.75) is 59.5 Å². The second kappa shape index (κ2) is 12.9. The van der Waals surface area contributed by atoms with E-state index in [1.165, 1.54) is 21.8 Å². The van der Waals surface area contributed by atoms with Gasteiger partial charge in [-0.1, -0.05) is 30.3 Å². The van der Waals surface area contributed by atoms with Crippen molar-refractivity contribution in [1.29, 1.82) is 0 Å².